The highest BCUT2D eigenvalue weighted by Gasteiger charge is 2.28. The van der Waals surface area contributed by atoms with Crippen molar-refractivity contribution in [2.45, 2.75) is 38.1 Å². The number of carbonyl (C=O) groups is 1. The Hall–Kier alpha value is -2.58. The van der Waals surface area contributed by atoms with Gasteiger partial charge in [-0.3, -0.25) is 4.79 Å². The van der Waals surface area contributed by atoms with Crippen molar-refractivity contribution in [2.75, 3.05) is 19.8 Å². The van der Waals surface area contributed by atoms with Gasteiger partial charge >= 0.3 is 0 Å². The Morgan fingerprint density at radius 1 is 1.03 bits per heavy atom. The molecule has 1 atom stereocenters. The van der Waals surface area contributed by atoms with Crippen LogP contribution < -0.4 is 19.5 Å². The maximum Gasteiger partial charge on any atom is 0.241 e. The minimum Gasteiger partial charge on any atom is -0.486 e. The first kappa shape index (κ1) is 22.1. The Morgan fingerprint density at radius 2 is 1.70 bits per heavy atom. The molecule has 0 spiro atoms. The molecule has 2 aromatic rings. The second-order valence-electron chi connectivity index (χ2n) is 7.68. The van der Waals surface area contributed by atoms with E-state index in [9.17, 15) is 13.2 Å². The van der Waals surface area contributed by atoms with Gasteiger partial charge in [0.15, 0.2) is 11.5 Å². The molecule has 0 radical (unpaired) electrons. The number of amides is 1. The summed E-state index contributed by atoms with van der Waals surface area (Å²) in [6, 6.07) is 11.4. The number of nitrogens with one attached hydrogen (secondary N) is 2. The summed E-state index contributed by atoms with van der Waals surface area (Å²) in [5, 5.41) is 2.84. The molecule has 0 bridgehead atoms. The number of fused-ring (bicyclic) bond motifs is 1. The minimum atomic E-state index is -3.80. The predicted molar refractivity (Wildman–Crippen MR) is 114 cm³/mol. The maximum atomic E-state index is 12.7. The number of ether oxygens (including phenoxy) is 2. The number of benzene rings is 2. The molecule has 0 saturated carbocycles. The van der Waals surface area contributed by atoms with E-state index in [2.05, 4.69) is 10.0 Å². The van der Waals surface area contributed by atoms with Gasteiger partial charge < -0.3 is 14.8 Å². The molecule has 8 heteroatoms. The fourth-order valence-corrected chi connectivity index (χ4v) is 4.47. The van der Waals surface area contributed by atoms with Gasteiger partial charge in [-0.25, -0.2) is 8.42 Å². The lowest BCUT2D eigenvalue weighted by atomic mass is 10.0. The first-order valence-corrected chi connectivity index (χ1v) is 11.5. The van der Waals surface area contributed by atoms with Crippen molar-refractivity contribution < 1.29 is 22.7 Å². The first-order chi connectivity index (χ1) is 14.3. The molecule has 0 fully saturated rings. The molecule has 1 aliphatic rings. The van der Waals surface area contributed by atoms with Gasteiger partial charge in [0.2, 0.25) is 15.9 Å². The molecule has 30 heavy (non-hydrogen) atoms. The van der Waals surface area contributed by atoms with Gasteiger partial charge in [-0.1, -0.05) is 37.6 Å². The quantitative estimate of drug-likeness (QED) is 0.668. The fraction of sp³-hybridized carbons (Fsp3) is 0.409. The van der Waals surface area contributed by atoms with Crippen molar-refractivity contribution in [1.82, 2.24) is 10.0 Å². The average Bonchev–Trinajstić information content (AvgIpc) is 2.72. The topological polar surface area (TPSA) is 93.7 Å². The molecule has 162 valence electrons. The maximum absolute atomic E-state index is 12.7. The Labute approximate surface area is 177 Å². The van der Waals surface area contributed by atoms with Crippen molar-refractivity contribution in [2.24, 2.45) is 5.92 Å². The molecule has 3 rings (SSSR count). The molecule has 1 aliphatic heterocycles. The zero-order valence-electron chi connectivity index (χ0n) is 17.5. The summed E-state index contributed by atoms with van der Waals surface area (Å²) in [5.41, 5.74) is 1.96. The molecule has 0 aliphatic carbocycles. The molecule has 2 N–H and O–H groups in total. The zero-order chi connectivity index (χ0) is 21.7. The van der Waals surface area contributed by atoms with Crippen LogP contribution in [-0.4, -0.2) is 40.1 Å². The van der Waals surface area contributed by atoms with E-state index in [1.165, 1.54) is 12.1 Å². The van der Waals surface area contributed by atoms with Crippen LogP contribution in [0, 0.1) is 12.8 Å². The highest BCUT2D eigenvalue weighted by atomic mass is 32.2. The van der Waals surface area contributed by atoms with Crippen LogP contribution >= 0.6 is 0 Å². The van der Waals surface area contributed by atoms with Crippen LogP contribution in [0.4, 0.5) is 0 Å². The summed E-state index contributed by atoms with van der Waals surface area (Å²) in [7, 11) is -3.80. The van der Waals surface area contributed by atoms with E-state index < -0.39 is 16.1 Å². The highest BCUT2D eigenvalue weighted by Crippen LogP contribution is 2.30. The average molecular weight is 433 g/mol. The third-order valence-corrected chi connectivity index (χ3v) is 6.34. The lowest BCUT2D eigenvalue weighted by molar-refractivity contribution is -0.123. The molecule has 0 aromatic heterocycles. The van der Waals surface area contributed by atoms with Crippen LogP contribution in [-0.2, 0) is 21.2 Å². The molecule has 0 saturated heterocycles. The number of aryl methyl sites for hydroxylation is 1. The lowest BCUT2D eigenvalue weighted by Gasteiger charge is -2.22. The number of hydrogen-bond donors (Lipinski definition) is 2. The second kappa shape index (κ2) is 9.49. The smallest absolute Gasteiger partial charge is 0.241 e. The van der Waals surface area contributed by atoms with Gasteiger partial charge in [0.05, 0.1) is 4.90 Å². The monoisotopic (exact) mass is 432 g/mol. The summed E-state index contributed by atoms with van der Waals surface area (Å²) in [4.78, 5) is 12.8. The SMILES string of the molecule is Cc1ccc(S(=O)(=O)NC(C(=O)NCCc2ccc3c(c2)OCCO3)C(C)C)cc1. The summed E-state index contributed by atoms with van der Waals surface area (Å²) in [5.74, 6) is 0.869. The van der Waals surface area contributed by atoms with Gasteiger partial charge in [0.25, 0.3) is 0 Å². The summed E-state index contributed by atoms with van der Waals surface area (Å²) in [6.45, 7) is 6.94. The second-order valence-corrected chi connectivity index (χ2v) is 9.39. The van der Waals surface area contributed by atoms with Gasteiger partial charge in [-0.05, 0) is 49.1 Å². The van der Waals surface area contributed by atoms with E-state index in [0.29, 0.717) is 31.9 Å². The van der Waals surface area contributed by atoms with Crippen LogP contribution in [0.5, 0.6) is 11.5 Å². The molecule has 1 heterocycles. The standard InChI is InChI=1S/C22H28N2O5S/c1-15(2)21(24-30(26,27)18-7-4-16(3)5-8-18)22(25)23-11-10-17-6-9-19-20(14-17)29-13-12-28-19/h4-9,14-15,21,24H,10-13H2,1-3H3,(H,23,25). The van der Waals surface area contributed by atoms with E-state index in [-0.39, 0.29) is 16.7 Å². The Morgan fingerprint density at radius 3 is 2.37 bits per heavy atom. The van der Waals surface area contributed by atoms with E-state index >= 15 is 0 Å². The van der Waals surface area contributed by atoms with E-state index in [1.807, 2.05) is 39.0 Å². The summed E-state index contributed by atoms with van der Waals surface area (Å²) < 4.78 is 39.0. The number of carbonyl (C=O) groups excluding carboxylic acids is 1. The van der Waals surface area contributed by atoms with Gasteiger partial charge in [-0.2, -0.15) is 4.72 Å². The normalized spacial score (nSPS) is 14.4. The van der Waals surface area contributed by atoms with Gasteiger partial charge in [0.1, 0.15) is 19.3 Å². The molecule has 2 aromatic carbocycles. The molecule has 7 nitrogen and oxygen atoms in total. The highest BCUT2D eigenvalue weighted by molar-refractivity contribution is 7.89. The molecule has 1 unspecified atom stereocenters. The largest absolute Gasteiger partial charge is 0.486 e. The fourth-order valence-electron chi connectivity index (χ4n) is 3.13. The third kappa shape index (κ3) is 5.52. The van der Waals surface area contributed by atoms with E-state index in [4.69, 9.17) is 9.47 Å². The Balaban J connectivity index is 1.59. The number of hydrogen-bond acceptors (Lipinski definition) is 5. The number of sulfonamides is 1. The lowest BCUT2D eigenvalue weighted by Crippen LogP contribution is -2.49. The van der Waals surface area contributed by atoms with Gasteiger partial charge in [-0.15, -0.1) is 0 Å². The summed E-state index contributed by atoms with van der Waals surface area (Å²) in [6.07, 6.45) is 0.595. The van der Waals surface area contributed by atoms with Crippen molar-refractivity contribution >= 4 is 15.9 Å². The Kier molecular flexibility index (Phi) is 6.99. The van der Waals surface area contributed by atoms with E-state index in [0.717, 1.165) is 16.9 Å². The van der Waals surface area contributed by atoms with Crippen LogP contribution in [0.3, 0.4) is 0 Å². The first-order valence-electron chi connectivity index (χ1n) is 10.0. The van der Waals surface area contributed by atoms with Crippen molar-refractivity contribution in [1.29, 1.82) is 0 Å². The van der Waals surface area contributed by atoms with Crippen LogP contribution in [0.25, 0.3) is 0 Å². The minimum absolute atomic E-state index is 0.142. The van der Waals surface area contributed by atoms with E-state index in [1.54, 1.807) is 12.1 Å². The zero-order valence-corrected chi connectivity index (χ0v) is 18.3. The van der Waals surface area contributed by atoms with Crippen LogP contribution in [0.15, 0.2) is 47.4 Å². The molecule has 1 amide bonds. The third-order valence-electron chi connectivity index (χ3n) is 4.88. The Bertz CT molecular complexity index is 987. The molecular formula is C22H28N2O5S. The van der Waals surface area contributed by atoms with Gasteiger partial charge in [0, 0.05) is 6.54 Å². The van der Waals surface area contributed by atoms with Crippen molar-refractivity contribution in [3.63, 3.8) is 0 Å². The van der Waals surface area contributed by atoms with Crippen LogP contribution in [0.1, 0.15) is 25.0 Å². The summed E-state index contributed by atoms with van der Waals surface area (Å²) >= 11 is 0. The van der Waals surface area contributed by atoms with Crippen LogP contribution in [0.2, 0.25) is 0 Å². The molecular weight excluding hydrogens is 404 g/mol. The van der Waals surface area contributed by atoms with Crippen molar-refractivity contribution in [3.05, 3.63) is 53.6 Å². The van der Waals surface area contributed by atoms with Crippen molar-refractivity contribution in [3.8, 4) is 11.5 Å². The number of rotatable bonds is 8. The predicted octanol–water partition coefficient (Wildman–Crippen LogP) is 2.43.